The Bertz CT molecular complexity index is 668. The summed E-state index contributed by atoms with van der Waals surface area (Å²) in [4.78, 5) is 24.3. The molecule has 2 rings (SSSR count). The summed E-state index contributed by atoms with van der Waals surface area (Å²) in [6.45, 7) is 2.46. The second kappa shape index (κ2) is 8.72. The first-order valence-electron chi connectivity index (χ1n) is 7.79. The fourth-order valence-corrected chi connectivity index (χ4v) is 2.30. The highest BCUT2D eigenvalue weighted by molar-refractivity contribution is 5.96. The summed E-state index contributed by atoms with van der Waals surface area (Å²) in [5, 5.41) is 2.73. The first kappa shape index (κ1) is 17.5. The number of carbonyl (C=O) groups is 2. The maximum absolute atomic E-state index is 12.4. The molecule has 24 heavy (non-hydrogen) atoms. The third-order valence-corrected chi connectivity index (χ3v) is 3.50. The molecule has 0 unspecified atom stereocenters. The largest absolute Gasteiger partial charge is 0.494 e. The molecule has 1 amide bonds. The summed E-state index contributed by atoms with van der Waals surface area (Å²) >= 11 is 0. The molecular formula is C19H21NO4. The summed E-state index contributed by atoms with van der Waals surface area (Å²) < 4.78 is 10.1. The molecule has 5 nitrogen and oxygen atoms in total. The maximum atomic E-state index is 12.4. The lowest BCUT2D eigenvalue weighted by molar-refractivity contribution is -0.142. The van der Waals surface area contributed by atoms with Gasteiger partial charge in [0.25, 0.3) is 5.91 Å². The minimum absolute atomic E-state index is 0.329. The molecule has 0 aliphatic carbocycles. The maximum Gasteiger partial charge on any atom is 0.328 e. The standard InChI is InChI=1S/C19H21NO4/c1-3-24-16-11-9-15(10-12-16)18(21)20-17(19(22)23-2)13-14-7-5-4-6-8-14/h4-12,17H,3,13H2,1-2H3,(H,20,21)/t17-/m1/s1. The van der Waals surface area contributed by atoms with Gasteiger partial charge in [0, 0.05) is 12.0 Å². The molecular weight excluding hydrogens is 306 g/mol. The molecule has 0 spiro atoms. The van der Waals surface area contributed by atoms with Crippen LogP contribution in [0.25, 0.3) is 0 Å². The van der Waals surface area contributed by atoms with Gasteiger partial charge in [-0.3, -0.25) is 4.79 Å². The number of hydrogen-bond acceptors (Lipinski definition) is 4. The van der Waals surface area contributed by atoms with Crippen LogP contribution in [0.4, 0.5) is 0 Å². The van der Waals surface area contributed by atoms with Crippen molar-refractivity contribution in [3.63, 3.8) is 0 Å². The summed E-state index contributed by atoms with van der Waals surface area (Å²) in [7, 11) is 1.31. The fraction of sp³-hybridized carbons (Fsp3) is 0.263. The van der Waals surface area contributed by atoms with Crippen LogP contribution in [0.3, 0.4) is 0 Å². The van der Waals surface area contributed by atoms with Gasteiger partial charge >= 0.3 is 5.97 Å². The molecule has 5 heteroatoms. The van der Waals surface area contributed by atoms with Crippen molar-refractivity contribution in [2.24, 2.45) is 0 Å². The van der Waals surface area contributed by atoms with Gasteiger partial charge in [-0.15, -0.1) is 0 Å². The van der Waals surface area contributed by atoms with Crippen molar-refractivity contribution in [2.45, 2.75) is 19.4 Å². The van der Waals surface area contributed by atoms with Crippen molar-refractivity contribution in [2.75, 3.05) is 13.7 Å². The van der Waals surface area contributed by atoms with E-state index in [1.54, 1.807) is 24.3 Å². The van der Waals surface area contributed by atoms with Gasteiger partial charge in [-0.25, -0.2) is 4.79 Å². The molecule has 1 N–H and O–H groups in total. The normalized spacial score (nSPS) is 11.4. The first-order chi connectivity index (χ1) is 11.6. The second-order valence-electron chi connectivity index (χ2n) is 5.20. The average Bonchev–Trinajstić information content (AvgIpc) is 2.62. The molecule has 0 saturated carbocycles. The van der Waals surface area contributed by atoms with E-state index in [9.17, 15) is 9.59 Å². The van der Waals surface area contributed by atoms with Crippen LogP contribution in [-0.2, 0) is 16.0 Å². The van der Waals surface area contributed by atoms with Crippen molar-refractivity contribution in [3.8, 4) is 5.75 Å². The van der Waals surface area contributed by atoms with E-state index in [0.29, 0.717) is 24.3 Å². The van der Waals surface area contributed by atoms with Gasteiger partial charge in [-0.2, -0.15) is 0 Å². The summed E-state index contributed by atoms with van der Waals surface area (Å²) in [6.07, 6.45) is 0.371. The Morgan fingerprint density at radius 1 is 1.04 bits per heavy atom. The van der Waals surface area contributed by atoms with E-state index in [1.807, 2.05) is 37.3 Å². The van der Waals surface area contributed by atoms with Crippen molar-refractivity contribution < 1.29 is 19.1 Å². The van der Waals surface area contributed by atoms with Gasteiger partial charge in [-0.1, -0.05) is 30.3 Å². The van der Waals surface area contributed by atoms with Gasteiger partial charge in [0.2, 0.25) is 0 Å². The van der Waals surface area contributed by atoms with Gasteiger partial charge in [0.15, 0.2) is 0 Å². The summed E-state index contributed by atoms with van der Waals surface area (Å²) in [5.41, 5.74) is 1.40. The Kier molecular flexibility index (Phi) is 6.37. The third kappa shape index (κ3) is 4.84. The Hall–Kier alpha value is -2.82. The van der Waals surface area contributed by atoms with Crippen LogP contribution >= 0.6 is 0 Å². The smallest absolute Gasteiger partial charge is 0.328 e. The number of esters is 1. The number of hydrogen-bond donors (Lipinski definition) is 1. The number of carbonyl (C=O) groups excluding carboxylic acids is 2. The van der Waals surface area contributed by atoms with Crippen molar-refractivity contribution in [3.05, 3.63) is 65.7 Å². The quantitative estimate of drug-likeness (QED) is 0.794. The minimum Gasteiger partial charge on any atom is -0.494 e. The SMILES string of the molecule is CCOc1ccc(C(=O)N[C@H](Cc2ccccc2)C(=O)OC)cc1. The van der Waals surface area contributed by atoms with E-state index >= 15 is 0 Å². The Labute approximate surface area is 141 Å². The number of amides is 1. The van der Waals surface area contributed by atoms with Gasteiger partial charge in [0.1, 0.15) is 11.8 Å². The monoisotopic (exact) mass is 327 g/mol. The average molecular weight is 327 g/mol. The van der Waals surface area contributed by atoms with Crippen LogP contribution in [0.1, 0.15) is 22.8 Å². The number of benzene rings is 2. The molecule has 0 saturated heterocycles. The molecule has 2 aromatic carbocycles. The van der Waals surface area contributed by atoms with E-state index in [4.69, 9.17) is 9.47 Å². The first-order valence-corrected chi connectivity index (χ1v) is 7.79. The van der Waals surface area contributed by atoms with Crippen LogP contribution in [0.15, 0.2) is 54.6 Å². The van der Waals surface area contributed by atoms with Crippen molar-refractivity contribution in [1.82, 2.24) is 5.32 Å². The van der Waals surface area contributed by atoms with Crippen LogP contribution in [-0.4, -0.2) is 31.6 Å². The van der Waals surface area contributed by atoms with Crippen LogP contribution in [0, 0.1) is 0 Å². The fourth-order valence-electron chi connectivity index (χ4n) is 2.30. The highest BCUT2D eigenvalue weighted by Gasteiger charge is 2.22. The Balaban J connectivity index is 2.07. The second-order valence-corrected chi connectivity index (χ2v) is 5.20. The molecule has 2 aromatic rings. The molecule has 0 radical (unpaired) electrons. The van der Waals surface area contributed by atoms with Crippen LogP contribution < -0.4 is 10.1 Å². The molecule has 0 fully saturated rings. The van der Waals surface area contributed by atoms with E-state index in [0.717, 1.165) is 5.56 Å². The van der Waals surface area contributed by atoms with Crippen LogP contribution in [0.5, 0.6) is 5.75 Å². The summed E-state index contributed by atoms with van der Waals surface area (Å²) in [5.74, 6) is -0.106. The van der Waals surface area contributed by atoms with E-state index in [1.165, 1.54) is 7.11 Å². The van der Waals surface area contributed by atoms with Crippen molar-refractivity contribution >= 4 is 11.9 Å². The number of rotatable bonds is 7. The van der Waals surface area contributed by atoms with E-state index in [2.05, 4.69) is 5.32 Å². The highest BCUT2D eigenvalue weighted by atomic mass is 16.5. The van der Waals surface area contributed by atoms with Gasteiger partial charge in [-0.05, 0) is 36.8 Å². The minimum atomic E-state index is -0.739. The van der Waals surface area contributed by atoms with Crippen LogP contribution in [0.2, 0.25) is 0 Å². The number of ether oxygens (including phenoxy) is 2. The van der Waals surface area contributed by atoms with Gasteiger partial charge in [0.05, 0.1) is 13.7 Å². The van der Waals surface area contributed by atoms with E-state index < -0.39 is 12.0 Å². The molecule has 0 heterocycles. The molecule has 0 aliphatic rings. The lowest BCUT2D eigenvalue weighted by atomic mass is 10.1. The topological polar surface area (TPSA) is 64.6 Å². The van der Waals surface area contributed by atoms with E-state index in [-0.39, 0.29) is 5.91 Å². The zero-order valence-corrected chi connectivity index (χ0v) is 13.8. The molecule has 0 bridgehead atoms. The Morgan fingerprint density at radius 3 is 2.29 bits per heavy atom. The molecule has 0 aromatic heterocycles. The molecule has 1 atom stereocenters. The predicted molar refractivity (Wildman–Crippen MR) is 91.0 cm³/mol. The molecule has 0 aliphatic heterocycles. The zero-order chi connectivity index (χ0) is 17.4. The molecule has 126 valence electrons. The lowest BCUT2D eigenvalue weighted by Gasteiger charge is -2.17. The number of methoxy groups -OCH3 is 1. The zero-order valence-electron chi connectivity index (χ0n) is 13.8. The summed E-state index contributed by atoms with van der Waals surface area (Å²) in [6, 6.07) is 15.5. The lowest BCUT2D eigenvalue weighted by Crippen LogP contribution is -2.43. The van der Waals surface area contributed by atoms with Crippen molar-refractivity contribution in [1.29, 1.82) is 0 Å². The van der Waals surface area contributed by atoms with Gasteiger partial charge < -0.3 is 14.8 Å². The number of nitrogens with one attached hydrogen (secondary N) is 1. The predicted octanol–water partition coefficient (Wildman–Crippen LogP) is 2.60. The third-order valence-electron chi connectivity index (χ3n) is 3.50. The Morgan fingerprint density at radius 2 is 1.71 bits per heavy atom. The highest BCUT2D eigenvalue weighted by Crippen LogP contribution is 2.13.